The second kappa shape index (κ2) is 6.84. The average molecular weight is 362 g/mol. The maximum Gasteiger partial charge on any atom is 0.294 e. The van der Waals surface area contributed by atoms with Crippen LogP contribution in [0, 0.1) is 5.82 Å². The van der Waals surface area contributed by atoms with Crippen LogP contribution >= 0.6 is 11.6 Å². The summed E-state index contributed by atoms with van der Waals surface area (Å²) in [5.41, 5.74) is 1.05. The van der Waals surface area contributed by atoms with Gasteiger partial charge in [0.25, 0.3) is 12.4 Å². The number of nitrogens with one attached hydrogen (secondary N) is 1. The zero-order valence-electron chi connectivity index (χ0n) is 13.6. The summed E-state index contributed by atoms with van der Waals surface area (Å²) in [6.45, 7) is 1.90. The molecule has 0 aromatic heterocycles. The summed E-state index contributed by atoms with van der Waals surface area (Å²) in [6.07, 6.45) is 1.01. The maximum absolute atomic E-state index is 13.9. The predicted molar refractivity (Wildman–Crippen MR) is 92.7 cm³/mol. The second-order valence-corrected chi connectivity index (χ2v) is 6.78. The molecule has 0 saturated carbocycles. The molecule has 6 heteroatoms. The molecule has 2 aromatic rings. The van der Waals surface area contributed by atoms with Crippen molar-refractivity contribution in [3.8, 4) is 11.1 Å². The van der Waals surface area contributed by atoms with E-state index in [1.54, 1.807) is 13.0 Å². The third kappa shape index (κ3) is 3.66. The standard InChI is InChI=1S/C19H17ClFNO3/c1-19(25-11-23)10-15(22-18(19)24)8-12-2-4-13(5-3-12)16-9-14(20)6-7-17(16)21/h2-7,9,11,15H,8,10H2,1H3,(H,22,24)/t15-,19-/m1/s1. The SMILES string of the molecule is C[C@@]1(OC=O)C[C@@H](Cc2ccc(-c3cc(Cl)ccc3F)cc2)NC1=O. The van der Waals surface area contributed by atoms with Crippen molar-refractivity contribution in [1.82, 2.24) is 5.32 Å². The molecule has 1 fully saturated rings. The Balaban J connectivity index is 1.73. The van der Waals surface area contributed by atoms with Gasteiger partial charge in [-0.25, -0.2) is 4.39 Å². The number of halogens is 2. The van der Waals surface area contributed by atoms with E-state index in [2.05, 4.69) is 5.32 Å². The van der Waals surface area contributed by atoms with Gasteiger partial charge in [-0.2, -0.15) is 0 Å². The molecule has 1 saturated heterocycles. The quantitative estimate of drug-likeness (QED) is 0.829. The lowest BCUT2D eigenvalue weighted by Crippen LogP contribution is -2.37. The number of amides is 1. The number of benzene rings is 2. The Morgan fingerprint density at radius 1 is 1.32 bits per heavy atom. The minimum atomic E-state index is -1.11. The van der Waals surface area contributed by atoms with Crippen LogP contribution in [0.3, 0.4) is 0 Å². The zero-order valence-corrected chi connectivity index (χ0v) is 14.3. The van der Waals surface area contributed by atoms with Crippen LogP contribution in [-0.2, 0) is 20.7 Å². The van der Waals surface area contributed by atoms with Gasteiger partial charge >= 0.3 is 0 Å². The van der Waals surface area contributed by atoms with Crippen LogP contribution in [0.2, 0.25) is 5.02 Å². The molecule has 0 bridgehead atoms. The van der Waals surface area contributed by atoms with Crippen LogP contribution in [0.1, 0.15) is 18.9 Å². The number of hydrogen-bond acceptors (Lipinski definition) is 3. The van der Waals surface area contributed by atoms with Gasteiger partial charge in [-0.3, -0.25) is 9.59 Å². The molecule has 1 aliphatic rings. The Morgan fingerprint density at radius 2 is 2.04 bits per heavy atom. The van der Waals surface area contributed by atoms with Gasteiger partial charge in [-0.1, -0.05) is 35.9 Å². The molecule has 0 spiro atoms. The summed E-state index contributed by atoms with van der Waals surface area (Å²) in [6, 6.07) is 11.7. The van der Waals surface area contributed by atoms with Gasteiger partial charge in [0.2, 0.25) is 0 Å². The normalized spacial score (nSPS) is 22.5. The van der Waals surface area contributed by atoms with Gasteiger partial charge in [-0.15, -0.1) is 0 Å². The van der Waals surface area contributed by atoms with Crippen LogP contribution < -0.4 is 5.32 Å². The van der Waals surface area contributed by atoms with E-state index < -0.39 is 5.60 Å². The van der Waals surface area contributed by atoms with E-state index in [4.69, 9.17) is 16.3 Å². The highest BCUT2D eigenvalue weighted by Gasteiger charge is 2.44. The van der Waals surface area contributed by atoms with E-state index in [0.717, 1.165) is 11.1 Å². The van der Waals surface area contributed by atoms with Gasteiger partial charge in [-0.05, 0) is 42.7 Å². The number of carbonyl (C=O) groups is 2. The van der Waals surface area contributed by atoms with E-state index in [-0.39, 0.29) is 17.8 Å². The van der Waals surface area contributed by atoms with Crippen molar-refractivity contribution < 1.29 is 18.7 Å². The third-order valence-corrected chi connectivity index (χ3v) is 4.67. The van der Waals surface area contributed by atoms with Crippen molar-refractivity contribution in [2.75, 3.05) is 0 Å². The molecule has 3 rings (SSSR count). The van der Waals surface area contributed by atoms with Crippen molar-refractivity contribution in [2.45, 2.75) is 31.4 Å². The highest BCUT2D eigenvalue weighted by atomic mass is 35.5. The zero-order chi connectivity index (χ0) is 18.0. The molecule has 4 nitrogen and oxygen atoms in total. The topological polar surface area (TPSA) is 55.4 Å². The molecule has 2 atom stereocenters. The van der Waals surface area contributed by atoms with Gasteiger partial charge in [0.05, 0.1) is 0 Å². The predicted octanol–water partition coefficient (Wildman–Crippen LogP) is 3.51. The van der Waals surface area contributed by atoms with Crippen LogP contribution in [0.25, 0.3) is 11.1 Å². The summed E-state index contributed by atoms with van der Waals surface area (Å²) < 4.78 is 18.9. The summed E-state index contributed by atoms with van der Waals surface area (Å²) in [4.78, 5) is 22.5. The molecule has 130 valence electrons. The Kier molecular flexibility index (Phi) is 4.77. The van der Waals surface area contributed by atoms with E-state index in [0.29, 0.717) is 29.9 Å². The Bertz CT molecular complexity index is 809. The molecule has 2 aromatic carbocycles. The number of ether oxygens (including phenoxy) is 1. The summed E-state index contributed by atoms with van der Waals surface area (Å²) >= 11 is 5.93. The second-order valence-electron chi connectivity index (χ2n) is 6.34. The van der Waals surface area contributed by atoms with Crippen LogP contribution in [0.15, 0.2) is 42.5 Å². The van der Waals surface area contributed by atoms with Gasteiger partial charge < -0.3 is 10.1 Å². The molecule has 1 aliphatic heterocycles. The first-order chi connectivity index (χ1) is 11.9. The van der Waals surface area contributed by atoms with Crippen molar-refractivity contribution in [3.63, 3.8) is 0 Å². The molecule has 0 unspecified atom stereocenters. The Labute approximate surface area is 149 Å². The van der Waals surface area contributed by atoms with E-state index >= 15 is 0 Å². The van der Waals surface area contributed by atoms with E-state index in [1.807, 2.05) is 24.3 Å². The molecule has 0 aliphatic carbocycles. The summed E-state index contributed by atoms with van der Waals surface area (Å²) in [5.74, 6) is -0.621. The van der Waals surface area contributed by atoms with Crippen molar-refractivity contribution in [3.05, 3.63) is 58.9 Å². The molecular formula is C19H17ClFNO3. The molecule has 25 heavy (non-hydrogen) atoms. The van der Waals surface area contributed by atoms with Gasteiger partial charge in [0.15, 0.2) is 5.60 Å². The van der Waals surface area contributed by atoms with Gasteiger partial charge in [0, 0.05) is 23.0 Å². The number of hydrogen-bond donors (Lipinski definition) is 1. The minimum Gasteiger partial charge on any atom is -0.451 e. The molecule has 0 radical (unpaired) electrons. The average Bonchev–Trinajstić information content (AvgIpc) is 2.85. The largest absolute Gasteiger partial charge is 0.451 e. The fourth-order valence-corrected chi connectivity index (χ4v) is 3.28. The van der Waals surface area contributed by atoms with Crippen LogP contribution in [0.5, 0.6) is 0 Å². The van der Waals surface area contributed by atoms with Crippen LogP contribution in [-0.4, -0.2) is 24.0 Å². The van der Waals surface area contributed by atoms with Crippen molar-refractivity contribution in [1.29, 1.82) is 0 Å². The molecular weight excluding hydrogens is 345 g/mol. The molecule has 1 heterocycles. The maximum atomic E-state index is 13.9. The monoisotopic (exact) mass is 361 g/mol. The Hall–Kier alpha value is -2.40. The van der Waals surface area contributed by atoms with Crippen LogP contribution in [0.4, 0.5) is 4.39 Å². The smallest absolute Gasteiger partial charge is 0.294 e. The Morgan fingerprint density at radius 3 is 2.72 bits per heavy atom. The van der Waals surface area contributed by atoms with Crippen molar-refractivity contribution >= 4 is 24.0 Å². The number of rotatable bonds is 5. The fraction of sp³-hybridized carbons (Fsp3) is 0.263. The first-order valence-electron chi connectivity index (χ1n) is 7.88. The van der Waals surface area contributed by atoms with E-state index in [1.165, 1.54) is 12.1 Å². The van der Waals surface area contributed by atoms with Crippen molar-refractivity contribution in [2.24, 2.45) is 0 Å². The van der Waals surface area contributed by atoms with Gasteiger partial charge in [0.1, 0.15) is 5.82 Å². The van der Waals surface area contributed by atoms with E-state index in [9.17, 15) is 14.0 Å². The first-order valence-corrected chi connectivity index (χ1v) is 8.26. The number of carbonyl (C=O) groups excluding carboxylic acids is 2. The third-order valence-electron chi connectivity index (χ3n) is 4.44. The first kappa shape index (κ1) is 17.4. The summed E-state index contributed by atoms with van der Waals surface area (Å²) in [5, 5.41) is 3.32. The highest BCUT2D eigenvalue weighted by Crippen LogP contribution is 2.28. The lowest BCUT2D eigenvalue weighted by atomic mass is 9.96. The highest BCUT2D eigenvalue weighted by molar-refractivity contribution is 6.30. The molecule has 1 N–H and O–H groups in total. The minimum absolute atomic E-state index is 0.119. The lowest BCUT2D eigenvalue weighted by Gasteiger charge is -2.18. The fourth-order valence-electron chi connectivity index (χ4n) is 3.11. The molecule has 1 amide bonds. The summed E-state index contributed by atoms with van der Waals surface area (Å²) in [7, 11) is 0. The lowest BCUT2D eigenvalue weighted by molar-refractivity contribution is -0.152.